The molecular weight excluding hydrogens is 244 g/mol. The fourth-order valence-corrected chi connectivity index (χ4v) is 1.95. The Hall–Kier alpha value is -2.02. The molecule has 96 valence electrons. The summed E-state index contributed by atoms with van der Waals surface area (Å²) in [4.78, 5) is 24.2. The van der Waals surface area contributed by atoms with Crippen molar-refractivity contribution in [2.45, 2.75) is 5.54 Å². The second-order valence-corrected chi connectivity index (χ2v) is 4.03. The quantitative estimate of drug-likeness (QED) is 0.746. The lowest BCUT2D eigenvalue weighted by molar-refractivity contribution is -0.130. The number of halogens is 2. The molecule has 0 spiro atoms. The molecule has 1 aliphatic rings. The van der Waals surface area contributed by atoms with Crippen molar-refractivity contribution in [3.05, 3.63) is 35.4 Å². The first-order valence-electron chi connectivity index (χ1n) is 5.18. The number of nitrogens with one attached hydrogen (secondary N) is 1. The van der Waals surface area contributed by atoms with Crippen molar-refractivity contribution in [1.29, 1.82) is 0 Å². The van der Waals surface area contributed by atoms with Crippen molar-refractivity contribution in [3.63, 3.8) is 0 Å². The molecule has 0 aliphatic carbocycles. The third-order valence-corrected chi connectivity index (χ3v) is 2.99. The van der Waals surface area contributed by atoms with Crippen molar-refractivity contribution < 1.29 is 18.4 Å². The van der Waals surface area contributed by atoms with Gasteiger partial charge in [-0.2, -0.15) is 0 Å². The number of benzene rings is 1. The van der Waals surface area contributed by atoms with Crippen LogP contribution in [0.2, 0.25) is 0 Å². The van der Waals surface area contributed by atoms with Gasteiger partial charge in [0.15, 0.2) is 5.54 Å². The Balaban J connectivity index is 2.61. The lowest BCUT2D eigenvalue weighted by atomic mass is 9.89. The topological polar surface area (TPSA) is 75.4 Å². The van der Waals surface area contributed by atoms with Gasteiger partial charge in [-0.25, -0.2) is 13.6 Å². The number of carbonyl (C=O) groups excluding carboxylic acids is 2. The molecule has 0 aromatic heterocycles. The van der Waals surface area contributed by atoms with Crippen LogP contribution < -0.4 is 11.1 Å². The van der Waals surface area contributed by atoms with Crippen molar-refractivity contribution in [2.75, 3.05) is 13.6 Å². The molecule has 2 rings (SSSR count). The summed E-state index contributed by atoms with van der Waals surface area (Å²) in [5, 5.41) is 2.31. The van der Waals surface area contributed by atoms with E-state index in [0.717, 1.165) is 23.1 Å². The molecule has 0 radical (unpaired) electrons. The standard InChI is InChI=1S/C11H11F2N3O2/c1-16-9(17)11(5-14,15-10(16)18)7-4-6(12)2-3-8(7)13/h2-4H,5,14H2,1H3,(H,15,18). The Morgan fingerprint density at radius 2 is 2.06 bits per heavy atom. The average molecular weight is 255 g/mol. The van der Waals surface area contributed by atoms with Gasteiger partial charge >= 0.3 is 6.03 Å². The highest BCUT2D eigenvalue weighted by atomic mass is 19.1. The van der Waals surface area contributed by atoms with Crippen LogP contribution in [0, 0.1) is 11.6 Å². The highest BCUT2D eigenvalue weighted by molar-refractivity contribution is 6.07. The molecule has 5 nitrogen and oxygen atoms in total. The SMILES string of the molecule is CN1C(=O)NC(CN)(c2cc(F)ccc2F)C1=O. The van der Waals surface area contributed by atoms with Gasteiger partial charge in [0.05, 0.1) is 0 Å². The van der Waals surface area contributed by atoms with Gasteiger partial charge in [-0.3, -0.25) is 9.69 Å². The summed E-state index contributed by atoms with van der Waals surface area (Å²) in [6.07, 6.45) is 0. The normalized spacial score (nSPS) is 23.4. The molecule has 1 fully saturated rings. The van der Waals surface area contributed by atoms with Gasteiger partial charge in [0.2, 0.25) is 0 Å². The van der Waals surface area contributed by atoms with Crippen LogP contribution >= 0.6 is 0 Å². The van der Waals surface area contributed by atoms with Gasteiger partial charge in [-0.15, -0.1) is 0 Å². The van der Waals surface area contributed by atoms with E-state index in [1.54, 1.807) is 0 Å². The number of nitrogens with zero attached hydrogens (tertiary/aromatic N) is 1. The van der Waals surface area contributed by atoms with Gasteiger partial charge in [-0.1, -0.05) is 0 Å². The maximum atomic E-state index is 13.7. The number of nitrogens with two attached hydrogens (primary N) is 1. The van der Waals surface area contributed by atoms with E-state index < -0.39 is 29.1 Å². The summed E-state index contributed by atoms with van der Waals surface area (Å²) < 4.78 is 26.9. The van der Waals surface area contributed by atoms with E-state index in [4.69, 9.17) is 5.73 Å². The highest BCUT2D eigenvalue weighted by Crippen LogP contribution is 2.30. The third kappa shape index (κ3) is 1.55. The molecule has 1 saturated heterocycles. The highest BCUT2D eigenvalue weighted by Gasteiger charge is 2.51. The number of amides is 3. The van der Waals surface area contributed by atoms with E-state index in [0.29, 0.717) is 0 Å². The van der Waals surface area contributed by atoms with E-state index in [1.165, 1.54) is 7.05 Å². The van der Waals surface area contributed by atoms with Gasteiger partial charge in [0.25, 0.3) is 5.91 Å². The molecule has 7 heteroatoms. The van der Waals surface area contributed by atoms with Crippen LogP contribution in [-0.4, -0.2) is 30.4 Å². The van der Waals surface area contributed by atoms with Gasteiger partial charge in [-0.05, 0) is 18.2 Å². The first-order valence-corrected chi connectivity index (χ1v) is 5.18. The number of imide groups is 1. The molecule has 0 bridgehead atoms. The van der Waals surface area contributed by atoms with Crippen molar-refractivity contribution in [2.24, 2.45) is 5.73 Å². The predicted molar refractivity (Wildman–Crippen MR) is 58.4 cm³/mol. The average Bonchev–Trinajstić information content (AvgIpc) is 2.57. The zero-order chi connectivity index (χ0) is 13.5. The second kappa shape index (κ2) is 4.02. The molecule has 3 amide bonds. The summed E-state index contributed by atoms with van der Waals surface area (Å²) in [6.45, 7) is -0.359. The summed E-state index contributed by atoms with van der Waals surface area (Å²) in [6, 6.07) is 1.97. The molecule has 0 saturated carbocycles. The Bertz CT molecular complexity index is 535. The largest absolute Gasteiger partial charge is 0.327 e. The number of carbonyl (C=O) groups is 2. The molecule has 1 heterocycles. The molecule has 18 heavy (non-hydrogen) atoms. The van der Waals surface area contributed by atoms with E-state index in [-0.39, 0.29) is 12.1 Å². The zero-order valence-electron chi connectivity index (χ0n) is 9.54. The monoisotopic (exact) mass is 255 g/mol. The minimum Gasteiger partial charge on any atom is -0.327 e. The first kappa shape index (κ1) is 12.4. The summed E-state index contributed by atoms with van der Waals surface area (Å²) in [5.74, 6) is -2.22. The summed E-state index contributed by atoms with van der Waals surface area (Å²) >= 11 is 0. The molecule has 3 N–H and O–H groups in total. The number of likely N-dealkylation sites (N-methyl/N-ethyl adjacent to an activating group) is 1. The fraction of sp³-hybridized carbons (Fsp3) is 0.273. The lowest BCUT2D eigenvalue weighted by Gasteiger charge is -2.25. The van der Waals surface area contributed by atoms with Crippen LogP contribution in [0.5, 0.6) is 0 Å². The molecule has 1 unspecified atom stereocenters. The van der Waals surface area contributed by atoms with Crippen molar-refractivity contribution in [3.8, 4) is 0 Å². The predicted octanol–water partition coefficient (Wildman–Crippen LogP) is 0.300. The molecular formula is C11H11F2N3O2. The fourth-order valence-electron chi connectivity index (χ4n) is 1.95. The molecule has 1 atom stereocenters. The molecule has 1 aromatic rings. The summed E-state index contributed by atoms with van der Waals surface area (Å²) in [5.41, 5.74) is 3.47. The number of hydrogen-bond donors (Lipinski definition) is 2. The second-order valence-electron chi connectivity index (χ2n) is 4.03. The van der Waals surface area contributed by atoms with Gasteiger partial charge < -0.3 is 11.1 Å². The molecule has 1 aliphatic heterocycles. The van der Waals surface area contributed by atoms with Crippen LogP contribution in [0.25, 0.3) is 0 Å². The smallest absolute Gasteiger partial charge is 0.325 e. The Kier molecular flexibility index (Phi) is 2.78. The molecule has 1 aromatic carbocycles. The Morgan fingerprint density at radius 1 is 1.39 bits per heavy atom. The lowest BCUT2D eigenvalue weighted by Crippen LogP contribution is -2.50. The van der Waals surface area contributed by atoms with Crippen LogP contribution in [0.15, 0.2) is 18.2 Å². The van der Waals surface area contributed by atoms with E-state index in [1.807, 2.05) is 0 Å². The van der Waals surface area contributed by atoms with E-state index in [2.05, 4.69) is 5.32 Å². The van der Waals surface area contributed by atoms with Crippen LogP contribution in [0.3, 0.4) is 0 Å². The van der Waals surface area contributed by atoms with Crippen molar-refractivity contribution in [1.82, 2.24) is 10.2 Å². The maximum Gasteiger partial charge on any atom is 0.325 e. The number of urea groups is 1. The minimum absolute atomic E-state index is 0.271. The minimum atomic E-state index is -1.74. The number of hydrogen-bond acceptors (Lipinski definition) is 3. The third-order valence-electron chi connectivity index (χ3n) is 2.99. The van der Waals surface area contributed by atoms with E-state index in [9.17, 15) is 18.4 Å². The van der Waals surface area contributed by atoms with Gasteiger partial charge in [0.1, 0.15) is 11.6 Å². The Labute approximate surface area is 102 Å². The van der Waals surface area contributed by atoms with Crippen molar-refractivity contribution >= 4 is 11.9 Å². The van der Waals surface area contributed by atoms with E-state index >= 15 is 0 Å². The number of rotatable bonds is 2. The Morgan fingerprint density at radius 3 is 2.56 bits per heavy atom. The summed E-state index contributed by atoms with van der Waals surface area (Å²) in [7, 11) is 1.24. The van der Waals surface area contributed by atoms with Crippen LogP contribution in [0.4, 0.5) is 13.6 Å². The zero-order valence-corrected chi connectivity index (χ0v) is 9.54. The van der Waals surface area contributed by atoms with Crippen LogP contribution in [0.1, 0.15) is 5.56 Å². The first-order chi connectivity index (χ1) is 8.42. The van der Waals surface area contributed by atoms with Gasteiger partial charge in [0, 0.05) is 19.2 Å². The van der Waals surface area contributed by atoms with Crippen LogP contribution in [-0.2, 0) is 10.3 Å². The maximum absolute atomic E-state index is 13.7.